The Hall–Kier alpha value is -4.15. The third-order valence-corrected chi connectivity index (χ3v) is 6.79. The zero-order valence-electron chi connectivity index (χ0n) is 21.4. The molecular weight excluding hydrogens is 492 g/mol. The van der Waals surface area contributed by atoms with Crippen LogP contribution in [0.2, 0.25) is 0 Å². The number of anilines is 1. The number of nitrogens with zero attached hydrogens (tertiary/aromatic N) is 7. The molecule has 0 bridgehead atoms. The van der Waals surface area contributed by atoms with Gasteiger partial charge in [0.2, 0.25) is 5.88 Å². The third kappa shape index (κ3) is 4.52. The molecule has 0 atom stereocenters. The van der Waals surface area contributed by atoms with Gasteiger partial charge >= 0.3 is 0 Å². The fourth-order valence-electron chi connectivity index (χ4n) is 4.68. The Morgan fingerprint density at radius 1 is 1.11 bits per heavy atom. The highest BCUT2D eigenvalue weighted by Crippen LogP contribution is 2.45. The van der Waals surface area contributed by atoms with Gasteiger partial charge in [-0.1, -0.05) is 24.3 Å². The number of benzene rings is 1. The van der Waals surface area contributed by atoms with Crippen LogP contribution in [0.25, 0.3) is 22.8 Å². The van der Waals surface area contributed by atoms with Crippen LogP contribution in [0, 0.1) is 0 Å². The summed E-state index contributed by atoms with van der Waals surface area (Å²) in [6.45, 7) is 2.60. The molecule has 0 unspecified atom stereocenters. The topological polar surface area (TPSA) is 91.1 Å². The fraction of sp³-hybridized carbons (Fsp3) is 0.370. The average molecular weight is 520 g/mol. The van der Waals surface area contributed by atoms with E-state index in [9.17, 15) is 8.78 Å². The molecule has 0 radical (unpaired) electrons. The Labute approximate surface area is 218 Å². The van der Waals surface area contributed by atoms with Gasteiger partial charge in [0.15, 0.2) is 17.4 Å². The van der Waals surface area contributed by atoms with Crippen LogP contribution in [-0.2, 0) is 19.5 Å². The van der Waals surface area contributed by atoms with E-state index in [1.807, 2.05) is 24.3 Å². The van der Waals surface area contributed by atoms with E-state index in [-0.39, 0.29) is 5.69 Å². The summed E-state index contributed by atoms with van der Waals surface area (Å²) in [7, 11) is 3.30. The van der Waals surface area contributed by atoms with Crippen molar-refractivity contribution < 1.29 is 18.3 Å². The molecule has 0 saturated heterocycles. The van der Waals surface area contributed by atoms with E-state index >= 15 is 0 Å². The van der Waals surface area contributed by atoms with Crippen molar-refractivity contribution in [3.05, 3.63) is 59.9 Å². The molecule has 1 aliphatic carbocycles. The summed E-state index contributed by atoms with van der Waals surface area (Å²) in [5, 5.41) is 0. The highest BCUT2D eigenvalue weighted by molar-refractivity contribution is 5.69. The quantitative estimate of drug-likeness (QED) is 0.346. The van der Waals surface area contributed by atoms with Gasteiger partial charge in [-0.25, -0.2) is 24.9 Å². The maximum Gasteiger partial charge on any atom is 0.288 e. The molecule has 4 heterocycles. The van der Waals surface area contributed by atoms with Crippen LogP contribution in [-0.4, -0.2) is 49.7 Å². The van der Waals surface area contributed by atoms with Gasteiger partial charge < -0.3 is 18.9 Å². The van der Waals surface area contributed by atoms with Crippen LogP contribution in [0.1, 0.15) is 42.6 Å². The fourth-order valence-corrected chi connectivity index (χ4v) is 4.68. The van der Waals surface area contributed by atoms with E-state index in [1.165, 1.54) is 12.5 Å². The monoisotopic (exact) mass is 519 g/mol. The molecule has 11 heteroatoms. The second kappa shape index (κ2) is 9.30. The van der Waals surface area contributed by atoms with Crippen molar-refractivity contribution in [3.8, 4) is 34.4 Å². The Kier molecular flexibility index (Phi) is 5.93. The molecule has 1 aromatic carbocycles. The summed E-state index contributed by atoms with van der Waals surface area (Å²) in [6, 6.07) is 7.75. The number of alkyl halides is 2. The zero-order chi connectivity index (χ0) is 26.4. The molecular formula is C27H27F2N7O2. The van der Waals surface area contributed by atoms with Gasteiger partial charge in [0.1, 0.15) is 30.0 Å². The Bertz CT molecular complexity index is 1480. The van der Waals surface area contributed by atoms with Crippen LogP contribution in [0.3, 0.4) is 0 Å². The molecule has 2 aliphatic rings. The minimum atomic E-state index is -2.99. The van der Waals surface area contributed by atoms with E-state index in [4.69, 9.17) is 14.5 Å². The van der Waals surface area contributed by atoms with E-state index < -0.39 is 5.92 Å². The number of halogens is 2. The number of aryl methyl sites for hydroxylation is 1. The standard InChI is InChI=1S/C27H27F2N7O2/c1-27(28,29)20-14-35(2)24(33-20)18-6-4-16(5-7-18)13-36-10-11-38-19-12-30-23(34-25(19)36)21-22(17-8-9-17)31-15-32-26(21)37-3/h4-7,12,14-15,17H,8-11,13H2,1-3H3. The second-order valence-corrected chi connectivity index (χ2v) is 9.71. The van der Waals surface area contributed by atoms with Gasteiger partial charge in [0.25, 0.3) is 5.92 Å². The summed E-state index contributed by atoms with van der Waals surface area (Å²) < 4.78 is 40.5. The number of ether oxygens (including phenoxy) is 2. The van der Waals surface area contributed by atoms with Gasteiger partial charge in [0.05, 0.1) is 25.5 Å². The minimum Gasteiger partial charge on any atom is -0.486 e. The van der Waals surface area contributed by atoms with Crippen molar-refractivity contribution in [2.24, 2.45) is 7.05 Å². The molecule has 0 N–H and O–H groups in total. The van der Waals surface area contributed by atoms with Gasteiger partial charge in [-0.2, -0.15) is 8.78 Å². The van der Waals surface area contributed by atoms with Gasteiger partial charge in [-0.15, -0.1) is 0 Å². The Balaban J connectivity index is 1.28. The van der Waals surface area contributed by atoms with E-state index in [2.05, 4.69) is 24.8 Å². The molecule has 1 saturated carbocycles. The molecule has 6 rings (SSSR count). The van der Waals surface area contributed by atoms with Gasteiger partial charge in [-0.3, -0.25) is 0 Å². The lowest BCUT2D eigenvalue weighted by molar-refractivity contribution is 0.0131. The number of aromatic nitrogens is 6. The van der Waals surface area contributed by atoms with Crippen molar-refractivity contribution in [1.29, 1.82) is 0 Å². The highest BCUT2D eigenvalue weighted by atomic mass is 19.3. The molecule has 9 nitrogen and oxygen atoms in total. The molecule has 196 valence electrons. The molecule has 0 amide bonds. The van der Waals surface area contributed by atoms with Crippen LogP contribution in [0.4, 0.5) is 14.6 Å². The number of hydrogen-bond acceptors (Lipinski definition) is 8. The number of hydrogen-bond donors (Lipinski definition) is 0. The summed E-state index contributed by atoms with van der Waals surface area (Å²) in [6.07, 6.45) is 6.73. The molecule has 3 aromatic heterocycles. The van der Waals surface area contributed by atoms with Crippen LogP contribution in [0.15, 0.2) is 43.0 Å². The van der Waals surface area contributed by atoms with Crippen molar-refractivity contribution in [2.45, 2.75) is 38.2 Å². The van der Waals surface area contributed by atoms with Crippen molar-refractivity contribution in [1.82, 2.24) is 29.5 Å². The SMILES string of the molecule is COc1ncnc(C2CC2)c1-c1ncc2c(n1)N(Cc1ccc(-c3nc(C(C)(F)F)cn3C)cc1)CCO2. The lowest BCUT2D eigenvalue weighted by Gasteiger charge is -2.30. The Morgan fingerprint density at radius 3 is 2.58 bits per heavy atom. The first kappa shape index (κ1) is 24.2. The first-order valence-corrected chi connectivity index (χ1v) is 12.5. The maximum absolute atomic E-state index is 13.7. The van der Waals surface area contributed by atoms with E-state index in [1.54, 1.807) is 24.9 Å². The summed E-state index contributed by atoms with van der Waals surface area (Å²) in [5.74, 6) is 0.137. The smallest absolute Gasteiger partial charge is 0.288 e. The minimum absolute atomic E-state index is 0.246. The van der Waals surface area contributed by atoms with Crippen LogP contribution < -0.4 is 14.4 Å². The summed E-state index contributed by atoms with van der Waals surface area (Å²) in [5.41, 5.74) is 3.19. The molecule has 38 heavy (non-hydrogen) atoms. The van der Waals surface area contributed by atoms with Gasteiger partial charge in [0, 0.05) is 38.2 Å². The maximum atomic E-state index is 13.7. The zero-order valence-corrected chi connectivity index (χ0v) is 21.4. The third-order valence-electron chi connectivity index (χ3n) is 6.79. The Morgan fingerprint density at radius 2 is 1.89 bits per heavy atom. The molecule has 0 spiro atoms. The number of imidazole rings is 1. The van der Waals surface area contributed by atoms with Crippen molar-refractivity contribution in [2.75, 3.05) is 25.2 Å². The number of methoxy groups -OCH3 is 1. The van der Waals surface area contributed by atoms with Crippen molar-refractivity contribution >= 4 is 5.82 Å². The second-order valence-electron chi connectivity index (χ2n) is 9.71. The predicted octanol–water partition coefficient (Wildman–Crippen LogP) is 4.73. The predicted molar refractivity (Wildman–Crippen MR) is 136 cm³/mol. The highest BCUT2D eigenvalue weighted by Gasteiger charge is 2.32. The van der Waals surface area contributed by atoms with E-state index in [0.717, 1.165) is 42.1 Å². The lowest BCUT2D eigenvalue weighted by Crippen LogP contribution is -2.33. The normalized spacial score (nSPS) is 15.2. The van der Waals surface area contributed by atoms with Crippen LogP contribution in [0.5, 0.6) is 11.6 Å². The molecule has 1 aliphatic heterocycles. The number of rotatable bonds is 7. The van der Waals surface area contributed by atoms with E-state index in [0.29, 0.717) is 54.7 Å². The molecule has 4 aromatic rings. The van der Waals surface area contributed by atoms with Crippen molar-refractivity contribution in [3.63, 3.8) is 0 Å². The summed E-state index contributed by atoms with van der Waals surface area (Å²) >= 11 is 0. The van der Waals surface area contributed by atoms with Gasteiger partial charge in [-0.05, 0) is 18.4 Å². The summed E-state index contributed by atoms with van der Waals surface area (Å²) in [4.78, 5) is 24.6. The molecule has 1 fully saturated rings. The average Bonchev–Trinajstić information content (AvgIpc) is 3.69. The first-order valence-electron chi connectivity index (χ1n) is 12.5. The lowest BCUT2D eigenvalue weighted by atomic mass is 10.1. The largest absolute Gasteiger partial charge is 0.486 e. The first-order chi connectivity index (χ1) is 18.3. The number of fused-ring (bicyclic) bond motifs is 1. The van der Waals surface area contributed by atoms with Crippen LogP contribution >= 0.6 is 0 Å².